The zero-order valence-electron chi connectivity index (χ0n) is 11.8. The van der Waals surface area contributed by atoms with E-state index in [1.165, 1.54) is 0 Å². The van der Waals surface area contributed by atoms with Crippen LogP contribution in [0.2, 0.25) is 0 Å². The van der Waals surface area contributed by atoms with Gasteiger partial charge in [-0.15, -0.1) is 0 Å². The van der Waals surface area contributed by atoms with Crippen molar-refractivity contribution in [2.45, 2.75) is 12.8 Å². The van der Waals surface area contributed by atoms with Gasteiger partial charge in [-0.2, -0.15) is 0 Å². The van der Waals surface area contributed by atoms with E-state index in [-0.39, 0.29) is 18.3 Å². The van der Waals surface area contributed by atoms with Crippen molar-refractivity contribution < 1.29 is 14.3 Å². The summed E-state index contributed by atoms with van der Waals surface area (Å²) >= 11 is 3.35. The highest BCUT2D eigenvalue weighted by Crippen LogP contribution is 2.30. The summed E-state index contributed by atoms with van der Waals surface area (Å²) in [5.41, 5.74) is 2.32. The molecular weight excluding hydrogens is 346 g/mol. The van der Waals surface area contributed by atoms with Gasteiger partial charge in [-0.05, 0) is 30.7 Å². The van der Waals surface area contributed by atoms with E-state index in [1.807, 2.05) is 24.3 Å². The summed E-state index contributed by atoms with van der Waals surface area (Å²) in [7, 11) is 0. The van der Waals surface area contributed by atoms with Gasteiger partial charge in [0.05, 0.1) is 0 Å². The molecule has 22 heavy (non-hydrogen) atoms. The topological polar surface area (TPSA) is 55.4 Å². The zero-order valence-corrected chi connectivity index (χ0v) is 13.4. The minimum absolute atomic E-state index is 0.0862. The molecule has 0 aromatic heterocycles. The summed E-state index contributed by atoms with van der Waals surface area (Å²) < 4.78 is 6.48. The third kappa shape index (κ3) is 3.20. The molecule has 0 saturated carbocycles. The smallest absolute Gasteiger partial charge is 0.262 e. The van der Waals surface area contributed by atoms with Crippen molar-refractivity contribution in [3.63, 3.8) is 0 Å². The maximum absolute atomic E-state index is 11.9. The summed E-state index contributed by atoms with van der Waals surface area (Å²) in [5.74, 6) is 0.520. The molecule has 1 amide bonds. The summed E-state index contributed by atoms with van der Waals surface area (Å²) in [4.78, 5) is 23.6. The summed E-state index contributed by atoms with van der Waals surface area (Å²) in [6.45, 7) is -0.0862. The minimum atomic E-state index is -0.236. The number of carbonyl (C=O) groups excluding carboxylic acids is 2. The van der Waals surface area contributed by atoms with Gasteiger partial charge in [-0.1, -0.05) is 34.1 Å². The van der Waals surface area contributed by atoms with Crippen molar-refractivity contribution in [1.29, 1.82) is 0 Å². The molecule has 3 rings (SSSR count). The molecule has 0 heterocycles. The van der Waals surface area contributed by atoms with Crippen LogP contribution in [0, 0.1) is 0 Å². The molecule has 0 radical (unpaired) electrons. The number of anilines is 1. The third-order valence-electron chi connectivity index (χ3n) is 3.50. The monoisotopic (exact) mass is 359 g/mol. The number of halogens is 1. The average molecular weight is 360 g/mol. The number of fused-ring (bicyclic) bond motifs is 1. The number of rotatable bonds is 4. The molecule has 1 aliphatic carbocycles. The Hall–Kier alpha value is -2.14. The first-order chi connectivity index (χ1) is 10.6. The number of carbonyl (C=O) groups is 2. The number of amides is 1. The number of ketones is 1. The lowest BCUT2D eigenvalue weighted by molar-refractivity contribution is -0.118. The second kappa shape index (κ2) is 6.32. The predicted octanol–water partition coefficient (Wildman–Crippen LogP) is 3.60. The molecule has 0 bridgehead atoms. The van der Waals surface area contributed by atoms with Crippen LogP contribution in [0.25, 0.3) is 0 Å². The van der Waals surface area contributed by atoms with Gasteiger partial charge >= 0.3 is 0 Å². The Morgan fingerprint density at radius 1 is 1.18 bits per heavy atom. The van der Waals surface area contributed by atoms with Crippen molar-refractivity contribution >= 4 is 33.3 Å². The number of ether oxygens (including phenoxy) is 1. The number of hydrogen-bond acceptors (Lipinski definition) is 3. The maximum Gasteiger partial charge on any atom is 0.262 e. The van der Waals surface area contributed by atoms with Crippen LogP contribution < -0.4 is 10.1 Å². The first-order valence-electron chi connectivity index (χ1n) is 6.97. The summed E-state index contributed by atoms with van der Waals surface area (Å²) in [5, 5.41) is 2.77. The lowest BCUT2D eigenvalue weighted by Gasteiger charge is -2.10. The lowest BCUT2D eigenvalue weighted by Crippen LogP contribution is -2.20. The van der Waals surface area contributed by atoms with Gasteiger partial charge in [0, 0.05) is 27.7 Å². The summed E-state index contributed by atoms with van der Waals surface area (Å²) in [6.07, 6.45) is 1.19. The average Bonchev–Trinajstić information content (AvgIpc) is 2.87. The molecule has 2 aromatic rings. The molecule has 1 N–H and O–H groups in total. The number of Topliss-reactive ketones (excluding diaryl/α,β-unsaturated/α-hetero) is 1. The van der Waals surface area contributed by atoms with Crippen LogP contribution in [0.15, 0.2) is 46.9 Å². The van der Waals surface area contributed by atoms with E-state index in [0.29, 0.717) is 29.8 Å². The highest BCUT2D eigenvalue weighted by molar-refractivity contribution is 9.10. The second-order valence-corrected chi connectivity index (χ2v) is 5.97. The van der Waals surface area contributed by atoms with E-state index >= 15 is 0 Å². The van der Waals surface area contributed by atoms with Crippen molar-refractivity contribution in [2.24, 2.45) is 0 Å². The molecule has 4 nitrogen and oxygen atoms in total. The summed E-state index contributed by atoms with van der Waals surface area (Å²) in [6, 6.07) is 12.7. The van der Waals surface area contributed by atoms with Crippen LogP contribution in [0.4, 0.5) is 5.69 Å². The van der Waals surface area contributed by atoms with E-state index in [0.717, 1.165) is 10.0 Å². The third-order valence-corrected chi connectivity index (χ3v) is 4.00. The van der Waals surface area contributed by atoms with Crippen LogP contribution in [0.5, 0.6) is 5.75 Å². The molecule has 1 aliphatic rings. The van der Waals surface area contributed by atoms with Crippen molar-refractivity contribution in [1.82, 2.24) is 0 Å². The quantitative estimate of drug-likeness (QED) is 0.907. The van der Waals surface area contributed by atoms with Gasteiger partial charge in [0.15, 0.2) is 12.4 Å². The molecular formula is C17H14BrNO3. The van der Waals surface area contributed by atoms with Gasteiger partial charge in [0.1, 0.15) is 5.75 Å². The van der Waals surface area contributed by atoms with Gasteiger partial charge in [-0.25, -0.2) is 0 Å². The Morgan fingerprint density at radius 3 is 2.82 bits per heavy atom. The standard InChI is InChI=1S/C17H14BrNO3/c18-11-3-1-4-12(9-11)19-17(21)10-22-16-6-2-5-13-14(16)7-8-15(13)20/h1-6,9H,7-8,10H2,(H,19,21). The van der Waals surface area contributed by atoms with Crippen molar-refractivity contribution in [2.75, 3.05) is 11.9 Å². The normalized spacial score (nSPS) is 12.9. The molecule has 112 valence electrons. The van der Waals surface area contributed by atoms with E-state index in [2.05, 4.69) is 21.2 Å². The molecule has 0 fully saturated rings. The fraction of sp³-hybridized carbons (Fsp3) is 0.176. The van der Waals surface area contributed by atoms with E-state index in [1.54, 1.807) is 18.2 Å². The van der Waals surface area contributed by atoms with Crippen LogP contribution >= 0.6 is 15.9 Å². The largest absolute Gasteiger partial charge is 0.483 e. The maximum atomic E-state index is 11.9. The molecule has 2 aromatic carbocycles. The van der Waals surface area contributed by atoms with Crippen molar-refractivity contribution in [3.8, 4) is 5.75 Å². The Bertz CT molecular complexity index is 742. The molecule has 5 heteroatoms. The Kier molecular flexibility index (Phi) is 4.24. The van der Waals surface area contributed by atoms with Gasteiger partial charge in [-0.3, -0.25) is 9.59 Å². The number of nitrogens with one attached hydrogen (secondary N) is 1. The molecule has 0 aliphatic heterocycles. The number of hydrogen-bond donors (Lipinski definition) is 1. The van der Waals surface area contributed by atoms with Crippen LogP contribution in [0.1, 0.15) is 22.3 Å². The lowest BCUT2D eigenvalue weighted by atomic mass is 10.1. The van der Waals surface area contributed by atoms with Crippen LogP contribution in [-0.4, -0.2) is 18.3 Å². The van der Waals surface area contributed by atoms with Crippen LogP contribution in [0.3, 0.4) is 0 Å². The molecule has 0 saturated heterocycles. The SMILES string of the molecule is O=C(COc1cccc2c1CCC2=O)Nc1cccc(Br)c1. The van der Waals surface area contributed by atoms with Crippen LogP contribution in [-0.2, 0) is 11.2 Å². The van der Waals surface area contributed by atoms with E-state index in [4.69, 9.17) is 4.74 Å². The van der Waals surface area contributed by atoms with E-state index < -0.39 is 0 Å². The predicted molar refractivity (Wildman–Crippen MR) is 87.4 cm³/mol. The Morgan fingerprint density at radius 2 is 2.00 bits per heavy atom. The van der Waals surface area contributed by atoms with Crippen molar-refractivity contribution in [3.05, 3.63) is 58.1 Å². The molecule has 0 spiro atoms. The van der Waals surface area contributed by atoms with Gasteiger partial charge < -0.3 is 10.1 Å². The molecule has 0 atom stereocenters. The molecule has 0 unspecified atom stereocenters. The highest BCUT2D eigenvalue weighted by atomic mass is 79.9. The number of benzene rings is 2. The fourth-order valence-corrected chi connectivity index (χ4v) is 2.90. The fourth-order valence-electron chi connectivity index (χ4n) is 2.50. The zero-order chi connectivity index (χ0) is 15.5. The van der Waals surface area contributed by atoms with Gasteiger partial charge in [0.2, 0.25) is 0 Å². The van der Waals surface area contributed by atoms with Gasteiger partial charge in [0.25, 0.3) is 5.91 Å². The first-order valence-corrected chi connectivity index (χ1v) is 7.76. The van der Waals surface area contributed by atoms with E-state index in [9.17, 15) is 9.59 Å². The highest BCUT2D eigenvalue weighted by Gasteiger charge is 2.22. The Labute approximate surface area is 136 Å². The first kappa shape index (κ1) is 14.8. The Balaban J connectivity index is 1.64. The second-order valence-electron chi connectivity index (χ2n) is 5.05. The minimum Gasteiger partial charge on any atom is -0.483 e.